The van der Waals surface area contributed by atoms with Crippen molar-refractivity contribution in [2.24, 2.45) is 7.05 Å². The molecule has 0 atom stereocenters. The number of amides is 3. The Kier molecular flexibility index (Phi) is 4.94. The molecular weight excluding hydrogens is 342 g/mol. The molecule has 0 aliphatic carbocycles. The molecule has 0 spiro atoms. The van der Waals surface area contributed by atoms with E-state index in [4.69, 9.17) is 11.6 Å². The van der Waals surface area contributed by atoms with E-state index in [1.165, 1.54) is 0 Å². The van der Waals surface area contributed by atoms with Crippen LogP contribution in [-0.2, 0) is 7.05 Å². The van der Waals surface area contributed by atoms with Crippen molar-refractivity contribution >= 4 is 29.2 Å². The van der Waals surface area contributed by atoms with Crippen molar-refractivity contribution in [3.05, 3.63) is 46.7 Å². The summed E-state index contributed by atoms with van der Waals surface area (Å²) >= 11 is 6.08. The quantitative estimate of drug-likeness (QED) is 0.892. The minimum Gasteiger partial charge on any atom is -0.335 e. The molecular formula is C17H20ClN5O2. The van der Waals surface area contributed by atoms with Crippen LogP contribution in [0.4, 0.5) is 10.5 Å². The van der Waals surface area contributed by atoms with E-state index in [0.29, 0.717) is 42.5 Å². The lowest BCUT2D eigenvalue weighted by Gasteiger charge is -2.34. The van der Waals surface area contributed by atoms with Gasteiger partial charge in [0.25, 0.3) is 5.91 Å². The predicted octanol–water partition coefficient (Wildman–Crippen LogP) is 2.37. The normalized spacial score (nSPS) is 14.5. The molecule has 0 saturated carbocycles. The van der Waals surface area contributed by atoms with Crippen LogP contribution in [0.3, 0.4) is 0 Å². The summed E-state index contributed by atoms with van der Waals surface area (Å²) in [6.07, 6.45) is 3.26. The predicted molar refractivity (Wildman–Crippen MR) is 95.9 cm³/mol. The summed E-state index contributed by atoms with van der Waals surface area (Å²) in [6.45, 7) is 3.87. The number of nitrogens with zero attached hydrogens (tertiary/aromatic N) is 4. The van der Waals surface area contributed by atoms with E-state index in [9.17, 15) is 9.59 Å². The van der Waals surface area contributed by atoms with E-state index >= 15 is 0 Å². The highest BCUT2D eigenvalue weighted by Gasteiger charge is 2.25. The fourth-order valence-corrected chi connectivity index (χ4v) is 2.88. The van der Waals surface area contributed by atoms with Gasteiger partial charge in [0.05, 0.1) is 11.8 Å². The first-order valence-electron chi connectivity index (χ1n) is 8.04. The van der Waals surface area contributed by atoms with E-state index in [0.717, 1.165) is 5.56 Å². The van der Waals surface area contributed by atoms with E-state index in [1.807, 2.05) is 19.1 Å². The summed E-state index contributed by atoms with van der Waals surface area (Å²) in [7, 11) is 1.77. The lowest BCUT2D eigenvalue weighted by molar-refractivity contribution is 0.0671. The number of nitrogens with one attached hydrogen (secondary N) is 1. The van der Waals surface area contributed by atoms with Gasteiger partial charge in [0, 0.05) is 50.1 Å². The van der Waals surface area contributed by atoms with Crippen LogP contribution in [0.2, 0.25) is 5.02 Å². The molecule has 2 heterocycles. The number of urea groups is 1. The second kappa shape index (κ2) is 7.14. The number of hydrogen-bond acceptors (Lipinski definition) is 3. The lowest BCUT2D eigenvalue weighted by Crippen LogP contribution is -2.51. The first kappa shape index (κ1) is 17.3. The van der Waals surface area contributed by atoms with Gasteiger partial charge in [0.1, 0.15) is 0 Å². The number of rotatable bonds is 2. The van der Waals surface area contributed by atoms with E-state index in [2.05, 4.69) is 10.4 Å². The Morgan fingerprint density at radius 3 is 2.44 bits per heavy atom. The number of aryl methyl sites for hydroxylation is 2. The van der Waals surface area contributed by atoms with Crippen LogP contribution in [0.1, 0.15) is 15.9 Å². The third-order valence-electron chi connectivity index (χ3n) is 4.23. The van der Waals surface area contributed by atoms with Crippen molar-refractivity contribution in [3.8, 4) is 0 Å². The van der Waals surface area contributed by atoms with Crippen molar-refractivity contribution in [2.45, 2.75) is 6.92 Å². The van der Waals surface area contributed by atoms with Crippen LogP contribution < -0.4 is 5.32 Å². The summed E-state index contributed by atoms with van der Waals surface area (Å²) in [5, 5.41) is 7.48. The number of benzene rings is 1. The summed E-state index contributed by atoms with van der Waals surface area (Å²) in [6, 6.07) is 5.23. The van der Waals surface area contributed by atoms with Gasteiger partial charge in [-0.2, -0.15) is 5.10 Å². The highest BCUT2D eigenvalue weighted by atomic mass is 35.5. The van der Waals surface area contributed by atoms with Crippen molar-refractivity contribution < 1.29 is 9.59 Å². The van der Waals surface area contributed by atoms with Crippen molar-refractivity contribution in [2.75, 3.05) is 31.5 Å². The Labute approximate surface area is 151 Å². The Morgan fingerprint density at radius 2 is 1.84 bits per heavy atom. The third kappa shape index (κ3) is 3.93. The smallest absolute Gasteiger partial charge is 0.321 e. The number of carbonyl (C=O) groups excluding carboxylic acids is 2. The minimum atomic E-state index is -0.187. The zero-order valence-electron chi connectivity index (χ0n) is 14.2. The highest BCUT2D eigenvalue weighted by Crippen LogP contribution is 2.20. The molecule has 132 valence electrons. The molecule has 3 rings (SSSR count). The number of aromatic nitrogens is 2. The summed E-state index contributed by atoms with van der Waals surface area (Å²) in [5.74, 6) is -0.0570. The molecule has 1 N–H and O–H groups in total. The molecule has 8 heteroatoms. The van der Waals surface area contributed by atoms with E-state index in [-0.39, 0.29) is 11.9 Å². The number of halogens is 1. The van der Waals surface area contributed by atoms with Gasteiger partial charge in [-0.1, -0.05) is 17.7 Å². The van der Waals surface area contributed by atoms with Crippen LogP contribution in [0.15, 0.2) is 30.6 Å². The Balaban J connectivity index is 1.55. The van der Waals surface area contributed by atoms with Gasteiger partial charge in [0.2, 0.25) is 0 Å². The monoisotopic (exact) mass is 361 g/mol. The maximum atomic E-state index is 12.4. The van der Waals surface area contributed by atoms with E-state index < -0.39 is 0 Å². The van der Waals surface area contributed by atoms with Crippen LogP contribution >= 0.6 is 11.6 Å². The highest BCUT2D eigenvalue weighted by molar-refractivity contribution is 6.31. The molecule has 0 bridgehead atoms. The zero-order chi connectivity index (χ0) is 18.0. The molecule has 1 aliphatic heterocycles. The van der Waals surface area contributed by atoms with Gasteiger partial charge >= 0.3 is 6.03 Å². The number of piperazine rings is 1. The van der Waals surface area contributed by atoms with Crippen LogP contribution in [0.5, 0.6) is 0 Å². The average molecular weight is 362 g/mol. The largest absolute Gasteiger partial charge is 0.335 e. The molecule has 7 nitrogen and oxygen atoms in total. The molecule has 1 aliphatic rings. The molecule has 2 aromatic rings. The molecule has 1 aromatic carbocycles. The standard InChI is InChI=1S/C17H20ClN5O2/c1-12-3-4-14(9-15(12)18)20-17(25)23-7-5-22(6-8-23)16(24)13-10-19-21(2)11-13/h3-4,9-11H,5-8H2,1-2H3,(H,20,25). The van der Waals surface area contributed by atoms with Crippen molar-refractivity contribution in [1.29, 1.82) is 0 Å². The molecule has 1 aromatic heterocycles. The van der Waals surface area contributed by atoms with Gasteiger partial charge in [-0.15, -0.1) is 0 Å². The molecule has 3 amide bonds. The fourth-order valence-electron chi connectivity index (χ4n) is 2.70. The molecule has 1 fully saturated rings. The number of hydrogen-bond donors (Lipinski definition) is 1. The van der Waals surface area contributed by atoms with Gasteiger partial charge in [-0.25, -0.2) is 4.79 Å². The van der Waals surface area contributed by atoms with Gasteiger partial charge in [0.15, 0.2) is 0 Å². The maximum absolute atomic E-state index is 12.4. The summed E-state index contributed by atoms with van der Waals surface area (Å²) < 4.78 is 1.60. The van der Waals surface area contributed by atoms with Crippen LogP contribution in [-0.4, -0.2) is 57.7 Å². The maximum Gasteiger partial charge on any atom is 0.321 e. The van der Waals surface area contributed by atoms with Gasteiger partial charge in [-0.05, 0) is 24.6 Å². The van der Waals surface area contributed by atoms with Crippen LogP contribution in [0.25, 0.3) is 0 Å². The third-order valence-corrected chi connectivity index (χ3v) is 4.64. The first-order valence-corrected chi connectivity index (χ1v) is 8.42. The average Bonchev–Trinajstić information content (AvgIpc) is 3.04. The second-order valence-corrected chi connectivity index (χ2v) is 6.48. The van der Waals surface area contributed by atoms with Crippen LogP contribution in [0, 0.1) is 6.92 Å². The molecule has 25 heavy (non-hydrogen) atoms. The minimum absolute atomic E-state index is 0.0570. The second-order valence-electron chi connectivity index (χ2n) is 6.08. The number of anilines is 1. The Bertz CT molecular complexity index is 796. The Hall–Kier alpha value is -2.54. The molecule has 0 unspecified atom stereocenters. The van der Waals surface area contributed by atoms with Gasteiger partial charge < -0.3 is 15.1 Å². The first-order chi connectivity index (χ1) is 11.9. The lowest BCUT2D eigenvalue weighted by atomic mass is 10.2. The molecule has 1 saturated heterocycles. The van der Waals surface area contributed by atoms with E-state index in [1.54, 1.807) is 40.0 Å². The summed E-state index contributed by atoms with van der Waals surface area (Å²) in [5.41, 5.74) is 2.19. The number of carbonyl (C=O) groups is 2. The SMILES string of the molecule is Cc1ccc(NC(=O)N2CCN(C(=O)c3cnn(C)c3)CC2)cc1Cl. The fraction of sp³-hybridized carbons (Fsp3) is 0.353. The van der Waals surface area contributed by atoms with Gasteiger partial charge in [-0.3, -0.25) is 9.48 Å². The van der Waals surface area contributed by atoms with Crippen molar-refractivity contribution in [1.82, 2.24) is 19.6 Å². The van der Waals surface area contributed by atoms with Crippen molar-refractivity contribution in [3.63, 3.8) is 0 Å². The summed E-state index contributed by atoms with van der Waals surface area (Å²) in [4.78, 5) is 28.2. The topological polar surface area (TPSA) is 70.5 Å². The Morgan fingerprint density at radius 1 is 1.16 bits per heavy atom. The zero-order valence-corrected chi connectivity index (χ0v) is 15.0. The molecule has 0 radical (unpaired) electrons.